The maximum atomic E-state index is 12.6. The van der Waals surface area contributed by atoms with E-state index in [1.807, 2.05) is 0 Å². The Balaban J connectivity index is 1.59. The molecule has 2 aromatic rings. The Morgan fingerprint density at radius 2 is 1.85 bits per heavy atom. The highest BCUT2D eigenvalue weighted by Crippen LogP contribution is 2.28. The van der Waals surface area contributed by atoms with Gasteiger partial charge in [-0.05, 0) is 37.1 Å². The molecule has 1 aromatic heterocycles. The number of piperidine rings is 1. The topological polar surface area (TPSA) is 92.3 Å². The fourth-order valence-electron chi connectivity index (χ4n) is 2.69. The Bertz CT molecular complexity index is 913. The van der Waals surface area contributed by atoms with Crippen LogP contribution in [-0.4, -0.2) is 41.9 Å². The van der Waals surface area contributed by atoms with Crippen LogP contribution in [0.15, 0.2) is 29.2 Å². The first kappa shape index (κ1) is 20.1. The molecule has 0 aliphatic carbocycles. The van der Waals surface area contributed by atoms with Gasteiger partial charge in [0, 0.05) is 24.0 Å². The van der Waals surface area contributed by atoms with Crippen LogP contribution < -0.4 is 5.32 Å². The minimum absolute atomic E-state index is 0.00603. The SMILES string of the molecule is O=C(Nc1nnc(C(F)F)s1)C1CCN(S(=O)(=O)c2ccc(Cl)cc2)CC1. The second kappa shape index (κ2) is 8.13. The third-order valence-corrected chi connectivity index (χ3v) is 7.14. The van der Waals surface area contributed by atoms with E-state index in [1.54, 1.807) is 0 Å². The highest BCUT2D eigenvalue weighted by atomic mass is 35.5. The third kappa shape index (κ3) is 4.60. The summed E-state index contributed by atoms with van der Waals surface area (Å²) in [5.41, 5.74) is 0. The van der Waals surface area contributed by atoms with Gasteiger partial charge in [0.15, 0.2) is 5.01 Å². The summed E-state index contributed by atoms with van der Waals surface area (Å²) >= 11 is 6.40. The van der Waals surface area contributed by atoms with Crippen molar-refractivity contribution in [2.24, 2.45) is 5.92 Å². The second-order valence-corrected chi connectivity index (χ2v) is 9.25. The van der Waals surface area contributed by atoms with Crippen LogP contribution in [0.3, 0.4) is 0 Å². The molecule has 0 radical (unpaired) electrons. The summed E-state index contributed by atoms with van der Waals surface area (Å²) in [6.07, 6.45) is -2.10. The average molecular weight is 437 g/mol. The standard InChI is InChI=1S/C15H15ClF2N4O3S2/c16-10-1-3-11(4-2-10)27(24,25)22-7-5-9(6-8-22)13(23)19-15-21-20-14(26-15)12(17)18/h1-4,9,12H,5-8H2,(H,19,21,23). The third-order valence-electron chi connectivity index (χ3n) is 4.13. The van der Waals surface area contributed by atoms with Crippen LogP contribution in [0.25, 0.3) is 0 Å². The molecule has 0 unspecified atom stereocenters. The predicted molar refractivity (Wildman–Crippen MR) is 96.4 cm³/mol. The van der Waals surface area contributed by atoms with Crippen molar-refractivity contribution >= 4 is 44.0 Å². The summed E-state index contributed by atoms with van der Waals surface area (Å²) in [7, 11) is -3.65. The number of nitrogens with zero attached hydrogens (tertiary/aromatic N) is 3. The minimum atomic E-state index is -3.65. The van der Waals surface area contributed by atoms with E-state index in [2.05, 4.69) is 15.5 Å². The molecule has 0 spiro atoms. The minimum Gasteiger partial charge on any atom is -0.300 e. The van der Waals surface area contributed by atoms with Crippen LogP contribution in [0.5, 0.6) is 0 Å². The Kier molecular flexibility index (Phi) is 6.04. The monoisotopic (exact) mass is 436 g/mol. The number of nitrogens with one attached hydrogen (secondary N) is 1. The average Bonchev–Trinajstić information content (AvgIpc) is 3.11. The summed E-state index contributed by atoms with van der Waals surface area (Å²) in [4.78, 5) is 12.4. The summed E-state index contributed by atoms with van der Waals surface area (Å²) in [6, 6.07) is 5.88. The number of sulfonamides is 1. The highest BCUT2D eigenvalue weighted by Gasteiger charge is 2.32. The first-order valence-electron chi connectivity index (χ1n) is 7.95. The van der Waals surface area contributed by atoms with Crippen molar-refractivity contribution in [2.75, 3.05) is 18.4 Å². The summed E-state index contributed by atoms with van der Waals surface area (Å²) in [5, 5.41) is 9.27. The smallest absolute Gasteiger partial charge is 0.291 e. The number of alkyl halides is 2. The van der Waals surface area contributed by atoms with Gasteiger partial charge in [-0.3, -0.25) is 4.79 Å². The van der Waals surface area contributed by atoms with Crippen LogP contribution in [0, 0.1) is 5.92 Å². The van der Waals surface area contributed by atoms with Gasteiger partial charge in [-0.2, -0.15) is 4.31 Å². The fourth-order valence-corrected chi connectivity index (χ4v) is 4.89. The van der Waals surface area contributed by atoms with Crippen molar-refractivity contribution in [2.45, 2.75) is 24.2 Å². The van der Waals surface area contributed by atoms with Crippen molar-refractivity contribution in [1.82, 2.24) is 14.5 Å². The number of carbonyl (C=O) groups is 1. The molecule has 3 rings (SSSR count). The van der Waals surface area contributed by atoms with Gasteiger partial charge in [-0.1, -0.05) is 22.9 Å². The van der Waals surface area contributed by atoms with Crippen molar-refractivity contribution in [3.8, 4) is 0 Å². The molecule has 0 atom stereocenters. The largest absolute Gasteiger partial charge is 0.300 e. The van der Waals surface area contributed by atoms with Gasteiger partial charge in [0.1, 0.15) is 0 Å². The molecule has 1 saturated heterocycles. The number of hydrogen-bond acceptors (Lipinski definition) is 6. The van der Waals surface area contributed by atoms with Crippen LogP contribution >= 0.6 is 22.9 Å². The molecule has 1 aromatic carbocycles. The van der Waals surface area contributed by atoms with E-state index in [0.717, 1.165) is 0 Å². The Morgan fingerprint density at radius 3 is 2.41 bits per heavy atom. The molecule has 0 bridgehead atoms. The van der Waals surface area contributed by atoms with Crippen LogP contribution in [0.4, 0.5) is 13.9 Å². The first-order valence-corrected chi connectivity index (χ1v) is 10.6. The van der Waals surface area contributed by atoms with Crippen molar-refractivity contribution in [3.05, 3.63) is 34.3 Å². The van der Waals surface area contributed by atoms with Gasteiger partial charge < -0.3 is 5.32 Å². The number of amides is 1. The van der Waals surface area contributed by atoms with Gasteiger partial charge in [-0.25, -0.2) is 17.2 Å². The van der Waals surface area contributed by atoms with Gasteiger partial charge >= 0.3 is 0 Å². The Morgan fingerprint density at radius 1 is 1.22 bits per heavy atom. The number of rotatable bonds is 5. The van der Waals surface area contributed by atoms with E-state index < -0.39 is 27.4 Å². The van der Waals surface area contributed by atoms with Crippen molar-refractivity contribution in [3.63, 3.8) is 0 Å². The molecule has 2 heterocycles. The van der Waals surface area contributed by atoms with Crippen LogP contribution in [0.2, 0.25) is 5.02 Å². The molecular weight excluding hydrogens is 422 g/mol. The second-order valence-electron chi connectivity index (χ2n) is 5.87. The summed E-state index contributed by atoms with van der Waals surface area (Å²) in [6.45, 7) is 0.364. The number of halogens is 3. The number of aromatic nitrogens is 2. The van der Waals surface area contributed by atoms with E-state index in [1.165, 1.54) is 28.6 Å². The van der Waals surface area contributed by atoms with Gasteiger partial charge in [0.25, 0.3) is 6.43 Å². The molecule has 7 nitrogen and oxygen atoms in total. The number of carbonyl (C=O) groups excluding carboxylic acids is 1. The van der Waals surface area contributed by atoms with Crippen LogP contribution in [-0.2, 0) is 14.8 Å². The number of hydrogen-bond donors (Lipinski definition) is 1. The molecule has 1 aliphatic heterocycles. The molecule has 0 saturated carbocycles. The zero-order chi connectivity index (χ0) is 19.6. The maximum absolute atomic E-state index is 12.6. The molecule has 1 amide bonds. The zero-order valence-electron chi connectivity index (χ0n) is 13.8. The summed E-state index contributed by atoms with van der Waals surface area (Å²) < 4.78 is 51.6. The Hall–Kier alpha value is -1.69. The van der Waals surface area contributed by atoms with Crippen molar-refractivity contribution in [1.29, 1.82) is 0 Å². The lowest BCUT2D eigenvalue weighted by molar-refractivity contribution is -0.120. The zero-order valence-corrected chi connectivity index (χ0v) is 16.2. The van der Waals surface area contributed by atoms with Crippen LogP contribution in [0.1, 0.15) is 24.3 Å². The van der Waals surface area contributed by atoms with Gasteiger partial charge in [0.05, 0.1) is 4.90 Å². The van der Waals surface area contributed by atoms with E-state index in [0.29, 0.717) is 29.2 Å². The lowest BCUT2D eigenvalue weighted by Crippen LogP contribution is -2.41. The number of anilines is 1. The highest BCUT2D eigenvalue weighted by molar-refractivity contribution is 7.89. The molecule has 1 fully saturated rings. The fraction of sp³-hybridized carbons (Fsp3) is 0.400. The molecule has 27 heavy (non-hydrogen) atoms. The molecular formula is C15H15ClF2N4O3S2. The quantitative estimate of drug-likeness (QED) is 0.777. The summed E-state index contributed by atoms with van der Waals surface area (Å²) in [5.74, 6) is -0.809. The van der Waals surface area contributed by atoms with E-state index in [4.69, 9.17) is 11.6 Å². The number of benzene rings is 1. The molecule has 1 aliphatic rings. The normalized spacial score (nSPS) is 16.6. The van der Waals surface area contributed by atoms with E-state index in [9.17, 15) is 22.0 Å². The molecule has 12 heteroatoms. The first-order chi connectivity index (χ1) is 12.8. The van der Waals surface area contributed by atoms with Gasteiger partial charge in [0.2, 0.25) is 21.1 Å². The molecule has 146 valence electrons. The maximum Gasteiger partial charge on any atom is 0.291 e. The lowest BCUT2D eigenvalue weighted by Gasteiger charge is -2.30. The van der Waals surface area contributed by atoms with Gasteiger partial charge in [-0.15, -0.1) is 10.2 Å². The molecule has 1 N–H and O–H groups in total. The van der Waals surface area contributed by atoms with Crippen molar-refractivity contribution < 1.29 is 22.0 Å². The Labute approximate surface area is 163 Å². The van der Waals surface area contributed by atoms with E-state index >= 15 is 0 Å². The predicted octanol–water partition coefficient (Wildman–Crippen LogP) is 3.17. The lowest BCUT2D eigenvalue weighted by atomic mass is 9.97. The van der Waals surface area contributed by atoms with E-state index in [-0.39, 0.29) is 29.0 Å².